The summed E-state index contributed by atoms with van der Waals surface area (Å²) in [4.78, 5) is 26.2. The van der Waals surface area contributed by atoms with Crippen LogP contribution in [0.3, 0.4) is 0 Å². The molecule has 0 radical (unpaired) electrons. The zero-order valence-corrected chi connectivity index (χ0v) is 12.1. The number of nitrogens with zero attached hydrogens (tertiary/aromatic N) is 1. The lowest BCUT2D eigenvalue weighted by atomic mass is 9.79. The summed E-state index contributed by atoms with van der Waals surface area (Å²) >= 11 is 0. The van der Waals surface area contributed by atoms with E-state index in [-0.39, 0.29) is 24.4 Å². The average molecular weight is 276 g/mol. The minimum absolute atomic E-state index is 0.0295. The molecule has 2 aliphatic rings. The molecule has 0 bridgehead atoms. The summed E-state index contributed by atoms with van der Waals surface area (Å²) in [6, 6.07) is 0.258. The van der Waals surface area contributed by atoms with Gasteiger partial charge in [-0.1, -0.05) is 18.8 Å². The van der Waals surface area contributed by atoms with E-state index in [1.165, 1.54) is 0 Å². The Hall–Kier alpha value is -1.34. The van der Waals surface area contributed by atoms with Crippen molar-refractivity contribution in [1.29, 1.82) is 0 Å². The van der Waals surface area contributed by atoms with E-state index in [0.717, 1.165) is 51.5 Å². The quantitative estimate of drug-likeness (QED) is 0.789. The van der Waals surface area contributed by atoms with Crippen molar-refractivity contribution in [3.8, 4) is 12.3 Å². The van der Waals surface area contributed by atoms with Crippen LogP contribution in [-0.4, -0.2) is 42.3 Å². The van der Waals surface area contributed by atoms with E-state index in [1.54, 1.807) is 0 Å². The number of likely N-dealkylation sites (tertiary alicyclic amines) is 1. The molecular weight excluding hydrogens is 252 g/mol. The Labute approximate surface area is 121 Å². The van der Waals surface area contributed by atoms with Crippen LogP contribution in [0.15, 0.2) is 0 Å². The number of carbonyl (C=O) groups excluding carboxylic acids is 2. The highest BCUT2D eigenvalue weighted by atomic mass is 16.2. The van der Waals surface area contributed by atoms with Gasteiger partial charge < -0.3 is 5.32 Å². The van der Waals surface area contributed by atoms with Gasteiger partial charge in [-0.25, -0.2) is 0 Å². The van der Waals surface area contributed by atoms with Crippen LogP contribution in [0.25, 0.3) is 0 Å². The fourth-order valence-electron chi connectivity index (χ4n) is 3.48. The second-order valence-electron chi connectivity index (χ2n) is 5.83. The van der Waals surface area contributed by atoms with Gasteiger partial charge in [-0.05, 0) is 32.2 Å². The van der Waals surface area contributed by atoms with E-state index in [9.17, 15) is 9.59 Å². The van der Waals surface area contributed by atoms with Crippen LogP contribution in [0, 0.1) is 18.3 Å². The van der Waals surface area contributed by atoms with Gasteiger partial charge in [-0.3, -0.25) is 14.5 Å². The van der Waals surface area contributed by atoms with Crippen LogP contribution in [0.5, 0.6) is 0 Å². The average Bonchev–Trinajstić information content (AvgIpc) is 2.46. The third-order valence-corrected chi connectivity index (χ3v) is 4.46. The lowest BCUT2D eigenvalue weighted by molar-refractivity contribution is -0.130. The first-order valence-corrected chi connectivity index (χ1v) is 7.69. The van der Waals surface area contributed by atoms with Gasteiger partial charge in [-0.15, -0.1) is 6.42 Å². The van der Waals surface area contributed by atoms with Gasteiger partial charge in [0.05, 0.1) is 13.1 Å². The lowest BCUT2D eigenvalue weighted by Gasteiger charge is -2.40. The molecule has 1 N–H and O–H groups in total. The van der Waals surface area contributed by atoms with Crippen LogP contribution in [-0.2, 0) is 9.59 Å². The molecule has 0 aromatic rings. The van der Waals surface area contributed by atoms with Gasteiger partial charge in [-0.2, -0.15) is 0 Å². The number of nitrogens with one attached hydrogen (secondary N) is 1. The Balaban J connectivity index is 1.96. The minimum atomic E-state index is -0.0295. The van der Waals surface area contributed by atoms with Gasteiger partial charge >= 0.3 is 0 Å². The Morgan fingerprint density at radius 3 is 2.85 bits per heavy atom. The van der Waals surface area contributed by atoms with E-state index < -0.39 is 0 Å². The van der Waals surface area contributed by atoms with Crippen LogP contribution < -0.4 is 5.32 Å². The number of piperidine rings is 1. The van der Waals surface area contributed by atoms with Crippen molar-refractivity contribution >= 4 is 11.7 Å². The molecule has 1 aliphatic carbocycles. The fraction of sp³-hybridized carbons (Fsp3) is 0.750. The van der Waals surface area contributed by atoms with Crippen molar-refractivity contribution in [3.05, 3.63) is 0 Å². The molecule has 4 nitrogen and oxygen atoms in total. The molecular formula is C16H24N2O2. The predicted octanol–water partition coefficient (Wildman–Crippen LogP) is 1.35. The number of carbonyl (C=O) groups is 2. The Morgan fingerprint density at radius 1 is 1.30 bits per heavy atom. The molecule has 0 aromatic heterocycles. The molecule has 1 saturated heterocycles. The van der Waals surface area contributed by atoms with Crippen LogP contribution >= 0.6 is 0 Å². The largest absolute Gasteiger partial charge is 0.344 e. The molecule has 110 valence electrons. The molecule has 1 saturated carbocycles. The molecule has 1 aliphatic heterocycles. The summed E-state index contributed by atoms with van der Waals surface area (Å²) in [5.41, 5.74) is 0. The third-order valence-electron chi connectivity index (χ3n) is 4.46. The highest BCUT2D eigenvalue weighted by molar-refractivity contribution is 5.82. The number of hydrogen-bond acceptors (Lipinski definition) is 3. The molecule has 1 amide bonds. The number of terminal acetylenes is 1. The predicted molar refractivity (Wildman–Crippen MR) is 78.0 cm³/mol. The SMILES string of the molecule is C#CCNC(=O)CN1CCCCC1C1CCCCC1=O. The van der Waals surface area contributed by atoms with Crippen molar-refractivity contribution in [2.45, 2.75) is 51.0 Å². The topological polar surface area (TPSA) is 49.4 Å². The first-order chi connectivity index (χ1) is 9.72. The summed E-state index contributed by atoms with van der Waals surface area (Å²) in [6.45, 7) is 1.56. The molecule has 0 aromatic carbocycles. The maximum absolute atomic E-state index is 12.1. The Morgan fingerprint density at radius 2 is 2.10 bits per heavy atom. The number of Topliss-reactive ketones (excluding diaryl/α,β-unsaturated/α-hetero) is 1. The van der Waals surface area contributed by atoms with E-state index in [1.807, 2.05) is 0 Å². The fourth-order valence-corrected chi connectivity index (χ4v) is 3.48. The highest BCUT2D eigenvalue weighted by Crippen LogP contribution is 2.31. The second-order valence-corrected chi connectivity index (χ2v) is 5.83. The molecule has 2 rings (SSSR count). The molecule has 4 heteroatoms. The van der Waals surface area contributed by atoms with E-state index >= 15 is 0 Å². The molecule has 1 heterocycles. The molecule has 2 unspecified atom stereocenters. The normalized spacial score (nSPS) is 27.9. The summed E-state index contributed by atoms with van der Waals surface area (Å²) in [5.74, 6) is 2.93. The number of amides is 1. The number of rotatable bonds is 4. The van der Waals surface area contributed by atoms with Crippen molar-refractivity contribution < 1.29 is 9.59 Å². The van der Waals surface area contributed by atoms with E-state index in [2.05, 4.69) is 16.1 Å². The van der Waals surface area contributed by atoms with Crippen molar-refractivity contribution in [2.75, 3.05) is 19.6 Å². The third kappa shape index (κ3) is 3.83. The van der Waals surface area contributed by atoms with Gasteiger partial charge in [0.1, 0.15) is 5.78 Å². The molecule has 0 spiro atoms. The minimum Gasteiger partial charge on any atom is -0.344 e. The van der Waals surface area contributed by atoms with Crippen LogP contribution in [0.2, 0.25) is 0 Å². The monoisotopic (exact) mass is 276 g/mol. The highest BCUT2D eigenvalue weighted by Gasteiger charge is 2.35. The van der Waals surface area contributed by atoms with Crippen molar-refractivity contribution in [1.82, 2.24) is 10.2 Å². The van der Waals surface area contributed by atoms with Crippen molar-refractivity contribution in [2.24, 2.45) is 5.92 Å². The first kappa shape index (κ1) is 15.1. The standard InChI is InChI=1S/C16H24N2O2/c1-2-10-17-16(20)12-18-11-6-5-8-14(18)13-7-3-4-9-15(13)19/h1,13-14H,3-12H2,(H,17,20). The van der Waals surface area contributed by atoms with E-state index in [4.69, 9.17) is 6.42 Å². The maximum Gasteiger partial charge on any atom is 0.234 e. The Bertz CT molecular complexity index is 400. The zero-order chi connectivity index (χ0) is 14.4. The first-order valence-electron chi connectivity index (χ1n) is 7.69. The number of ketones is 1. The maximum atomic E-state index is 12.1. The second kappa shape index (κ2) is 7.44. The van der Waals surface area contributed by atoms with E-state index in [0.29, 0.717) is 12.3 Å². The lowest BCUT2D eigenvalue weighted by Crippen LogP contribution is -2.50. The van der Waals surface area contributed by atoms with Gasteiger partial charge in [0.25, 0.3) is 0 Å². The summed E-state index contributed by atoms with van der Waals surface area (Å²) in [7, 11) is 0. The van der Waals surface area contributed by atoms with Gasteiger partial charge in [0, 0.05) is 18.4 Å². The summed E-state index contributed by atoms with van der Waals surface area (Å²) in [6.07, 6.45) is 12.4. The molecule has 2 atom stereocenters. The van der Waals surface area contributed by atoms with Gasteiger partial charge in [0.2, 0.25) is 5.91 Å². The Kier molecular flexibility index (Phi) is 5.60. The molecule has 2 fully saturated rings. The summed E-state index contributed by atoms with van der Waals surface area (Å²) < 4.78 is 0. The molecule has 20 heavy (non-hydrogen) atoms. The van der Waals surface area contributed by atoms with Gasteiger partial charge in [0.15, 0.2) is 0 Å². The van der Waals surface area contributed by atoms with Crippen LogP contribution in [0.1, 0.15) is 44.9 Å². The summed E-state index contributed by atoms with van der Waals surface area (Å²) in [5, 5.41) is 2.71. The number of hydrogen-bond donors (Lipinski definition) is 1. The smallest absolute Gasteiger partial charge is 0.234 e. The van der Waals surface area contributed by atoms with Crippen molar-refractivity contribution in [3.63, 3.8) is 0 Å². The van der Waals surface area contributed by atoms with Crippen LogP contribution in [0.4, 0.5) is 0 Å². The zero-order valence-electron chi connectivity index (χ0n) is 12.1.